The molecule has 0 aromatic rings. The van der Waals surface area contributed by atoms with Crippen molar-refractivity contribution in [3.05, 3.63) is 12.2 Å². The fourth-order valence-electron chi connectivity index (χ4n) is 3.55. The Hall–Kier alpha value is -1.07. The smallest absolute Gasteiger partial charge is 0.317 e. The molecule has 0 aromatic heterocycles. The lowest BCUT2D eigenvalue weighted by molar-refractivity contribution is -0.189. The number of nitrogens with one attached hydrogen (secondary N) is 1. The molecule has 2 heterocycles. The van der Waals surface area contributed by atoms with Crippen LogP contribution in [0.15, 0.2) is 12.2 Å². The molecule has 0 saturated carbocycles. The third-order valence-electron chi connectivity index (χ3n) is 4.91. The lowest BCUT2D eigenvalue weighted by Crippen LogP contribution is -2.53. The van der Waals surface area contributed by atoms with Crippen LogP contribution >= 0.6 is 0 Å². The second-order valence-electron chi connectivity index (χ2n) is 6.43. The fraction of sp³-hybridized carbons (Fsp3) is 0.812. The van der Waals surface area contributed by atoms with E-state index in [1.165, 1.54) is 0 Å². The number of urea groups is 1. The molecule has 3 aliphatic rings. The Morgan fingerprint density at radius 2 is 2.10 bits per heavy atom. The van der Waals surface area contributed by atoms with Crippen LogP contribution in [-0.2, 0) is 9.47 Å². The van der Waals surface area contributed by atoms with E-state index in [-0.39, 0.29) is 18.0 Å². The number of piperidine rings is 1. The average molecular weight is 294 g/mol. The molecular formula is C16H26N2O3. The monoisotopic (exact) mass is 294 g/mol. The summed E-state index contributed by atoms with van der Waals surface area (Å²) in [4.78, 5) is 14.4. The third kappa shape index (κ3) is 3.40. The van der Waals surface area contributed by atoms with Gasteiger partial charge in [0.15, 0.2) is 5.79 Å². The van der Waals surface area contributed by atoms with Crippen LogP contribution in [0.1, 0.15) is 39.0 Å². The van der Waals surface area contributed by atoms with Gasteiger partial charge in [-0.3, -0.25) is 0 Å². The highest BCUT2D eigenvalue weighted by Crippen LogP contribution is 2.34. The molecular weight excluding hydrogens is 268 g/mol. The lowest BCUT2D eigenvalue weighted by Gasteiger charge is -2.40. The predicted molar refractivity (Wildman–Crippen MR) is 79.9 cm³/mol. The first-order valence-corrected chi connectivity index (χ1v) is 8.16. The van der Waals surface area contributed by atoms with E-state index in [9.17, 15) is 4.79 Å². The molecule has 1 N–H and O–H groups in total. The molecule has 2 fully saturated rings. The first kappa shape index (κ1) is 14.9. The molecule has 5 heteroatoms. The van der Waals surface area contributed by atoms with Gasteiger partial charge >= 0.3 is 6.03 Å². The molecule has 2 saturated heterocycles. The lowest BCUT2D eigenvalue weighted by atomic mass is 9.90. The van der Waals surface area contributed by atoms with Gasteiger partial charge in [-0.2, -0.15) is 0 Å². The van der Waals surface area contributed by atoms with Crippen molar-refractivity contribution in [2.24, 2.45) is 5.92 Å². The minimum atomic E-state index is -0.507. The molecule has 1 aliphatic carbocycles. The van der Waals surface area contributed by atoms with Gasteiger partial charge in [0.05, 0.1) is 13.2 Å². The summed E-state index contributed by atoms with van der Waals surface area (Å²) in [6.45, 7) is 4.89. The van der Waals surface area contributed by atoms with Crippen LogP contribution in [0.2, 0.25) is 0 Å². The molecule has 2 atom stereocenters. The van der Waals surface area contributed by atoms with Crippen molar-refractivity contribution in [1.82, 2.24) is 10.2 Å². The van der Waals surface area contributed by atoms with Gasteiger partial charge in [-0.05, 0) is 39.0 Å². The highest BCUT2D eigenvalue weighted by atomic mass is 16.7. The minimum absolute atomic E-state index is 0.0709. The van der Waals surface area contributed by atoms with Crippen LogP contribution in [0.25, 0.3) is 0 Å². The van der Waals surface area contributed by atoms with Crippen LogP contribution in [-0.4, -0.2) is 49.1 Å². The van der Waals surface area contributed by atoms with Gasteiger partial charge < -0.3 is 19.7 Å². The molecule has 3 rings (SSSR count). The molecule has 21 heavy (non-hydrogen) atoms. The molecule has 0 bridgehead atoms. The highest BCUT2D eigenvalue weighted by molar-refractivity contribution is 5.74. The zero-order valence-corrected chi connectivity index (χ0v) is 12.8. The summed E-state index contributed by atoms with van der Waals surface area (Å²) < 4.78 is 11.5. The Morgan fingerprint density at radius 3 is 2.81 bits per heavy atom. The second kappa shape index (κ2) is 6.36. The molecule has 0 unspecified atom stereocenters. The van der Waals surface area contributed by atoms with Crippen molar-refractivity contribution in [2.45, 2.75) is 50.9 Å². The summed E-state index contributed by atoms with van der Waals surface area (Å²) in [7, 11) is 0. The third-order valence-corrected chi connectivity index (χ3v) is 4.91. The minimum Gasteiger partial charge on any atom is -0.347 e. The molecule has 118 valence electrons. The first-order valence-electron chi connectivity index (χ1n) is 8.16. The molecule has 5 nitrogen and oxygen atoms in total. The van der Waals surface area contributed by atoms with Crippen molar-refractivity contribution in [3.8, 4) is 0 Å². The van der Waals surface area contributed by atoms with E-state index in [1.54, 1.807) is 0 Å². The van der Waals surface area contributed by atoms with Crippen molar-refractivity contribution in [3.63, 3.8) is 0 Å². The number of amides is 2. The van der Waals surface area contributed by atoms with E-state index < -0.39 is 5.79 Å². The maximum Gasteiger partial charge on any atom is 0.317 e. The van der Waals surface area contributed by atoms with Crippen molar-refractivity contribution >= 4 is 6.03 Å². The van der Waals surface area contributed by atoms with Gasteiger partial charge in [0, 0.05) is 25.0 Å². The van der Waals surface area contributed by atoms with Crippen LogP contribution in [0.3, 0.4) is 0 Å². The first-order chi connectivity index (χ1) is 10.2. The summed E-state index contributed by atoms with van der Waals surface area (Å²) >= 11 is 0. The Bertz CT molecular complexity index is 404. The average Bonchev–Trinajstić information content (AvgIpc) is 2.97. The number of likely N-dealkylation sites (tertiary alicyclic amines) is 1. The largest absolute Gasteiger partial charge is 0.347 e. The zero-order chi connectivity index (χ0) is 14.7. The Kier molecular flexibility index (Phi) is 4.50. The molecule has 2 amide bonds. The van der Waals surface area contributed by atoms with E-state index >= 15 is 0 Å². The summed E-state index contributed by atoms with van der Waals surface area (Å²) in [6.07, 6.45) is 9.49. The SMILES string of the molecule is CC1([C@H]2CCCN(C(=O)N[C@H]3CC=CCC3)C2)OCCO1. The van der Waals surface area contributed by atoms with Gasteiger partial charge in [-0.1, -0.05) is 12.2 Å². The highest BCUT2D eigenvalue weighted by Gasteiger charge is 2.42. The van der Waals surface area contributed by atoms with Gasteiger partial charge in [0.25, 0.3) is 0 Å². The number of ether oxygens (including phenoxy) is 2. The number of allylic oxidation sites excluding steroid dienone is 1. The van der Waals surface area contributed by atoms with Crippen molar-refractivity contribution < 1.29 is 14.3 Å². The number of carbonyl (C=O) groups excluding carboxylic acids is 1. The molecule has 2 aliphatic heterocycles. The summed E-state index contributed by atoms with van der Waals surface area (Å²) in [5.41, 5.74) is 0. The fourth-order valence-corrected chi connectivity index (χ4v) is 3.55. The molecule has 0 radical (unpaired) electrons. The van der Waals surface area contributed by atoms with Crippen LogP contribution in [0, 0.1) is 5.92 Å². The van der Waals surface area contributed by atoms with Crippen LogP contribution < -0.4 is 5.32 Å². The topological polar surface area (TPSA) is 50.8 Å². The number of nitrogens with zero attached hydrogens (tertiary/aromatic N) is 1. The maximum absolute atomic E-state index is 12.4. The van der Waals surface area contributed by atoms with Crippen molar-refractivity contribution in [2.75, 3.05) is 26.3 Å². The summed E-state index contributed by atoms with van der Waals surface area (Å²) in [6, 6.07) is 0.360. The maximum atomic E-state index is 12.4. The zero-order valence-electron chi connectivity index (χ0n) is 12.8. The molecule has 0 spiro atoms. The standard InChI is InChI=1S/C16H26N2O3/c1-16(20-10-11-21-16)13-6-5-9-18(12-13)15(19)17-14-7-3-2-4-8-14/h2-3,13-14H,4-12H2,1H3,(H,17,19)/t13-,14-/m0/s1. The van der Waals surface area contributed by atoms with E-state index in [0.29, 0.717) is 13.2 Å². The molecule has 0 aromatic carbocycles. The predicted octanol–water partition coefficient (Wildman–Crippen LogP) is 2.28. The van der Waals surface area contributed by atoms with Crippen molar-refractivity contribution in [1.29, 1.82) is 0 Å². The number of hydrogen-bond donors (Lipinski definition) is 1. The Balaban J connectivity index is 1.55. The summed E-state index contributed by atoms with van der Waals surface area (Å²) in [5.74, 6) is -0.238. The van der Waals surface area contributed by atoms with E-state index in [2.05, 4.69) is 17.5 Å². The summed E-state index contributed by atoms with van der Waals surface area (Å²) in [5, 5.41) is 3.17. The van der Waals surface area contributed by atoms with Gasteiger partial charge in [0.2, 0.25) is 0 Å². The van der Waals surface area contributed by atoms with Gasteiger partial charge in [-0.15, -0.1) is 0 Å². The van der Waals surface area contributed by atoms with E-state index in [4.69, 9.17) is 9.47 Å². The Morgan fingerprint density at radius 1 is 1.29 bits per heavy atom. The number of rotatable bonds is 2. The van der Waals surface area contributed by atoms with E-state index in [1.807, 2.05) is 11.8 Å². The second-order valence-corrected chi connectivity index (χ2v) is 6.43. The quantitative estimate of drug-likeness (QED) is 0.795. The van der Waals surface area contributed by atoms with Crippen LogP contribution in [0.4, 0.5) is 4.79 Å². The van der Waals surface area contributed by atoms with Gasteiger partial charge in [0.1, 0.15) is 0 Å². The van der Waals surface area contributed by atoms with Gasteiger partial charge in [-0.25, -0.2) is 4.79 Å². The Labute approximate surface area is 126 Å². The number of carbonyl (C=O) groups is 1. The van der Waals surface area contributed by atoms with E-state index in [0.717, 1.165) is 45.2 Å². The van der Waals surface area contributed by atoms with Crippen LogP contribution in [0.5, 0.6) is 0 Å². The number of hydrogen-bond acceptors (Lipinski definition) is 3. The normalized spacial score (nSPS) is 32.1.